The van der Waals surface area contributed by atoms with Crippen molar-refractivity contribution >= 4 is 29.3 Å². The highest BCUT2D eigenvalue weighted by Crippen LogP contribution is 2.17. The largest absolute Gasteiger partial charge is 0.444 e. The zero-order valence-corrected chi connectivity index (χ0v) is 12.3. The standard InChI is InChI=1S/C12H16Cl2N2O2/c1-12(2,3)18-11(17)16(4)7-8-5-9(13)15-10(14)6-8/h5-6H,7H2,1-4H3. The van der Waals surface area contributed by atoms with Gasteiger partial charge in [0.2, 0.25) is 0 Å². The number of halogens is 2. The van der Waals surface area contributed by atoms with E-state index in [-0.39, 0.29) is 0 Å². The summed E-state index contributed by atoms with van der Waals surface area (Å²) in [7, 11) is 1.65. The number of ether oxygens (including phenoxy) is 1. The average molecular weight is 291 g/mol. The Bertz CT molecular complexity index is 424. The minimum atomic E-state index is -0.515. The van der Waals surface area contributed by atoms with E-state index in [1.165, 1.54) is 4.90 Å². The third-order valence-corrected chi connectivity index (χ3v) is 2.33. The lowest BCUT2D eigenvalue weighted by molar-refractivity contribution is 0.0285. The Morgan fingerprint density at radius 1 is 1.33 bits per heavy atom. The van der Waals surface area contributed by atoms with E-state index in [0.29, 0.717) is 16.9 Å². The molecule has 0 aliphatic heterocycles. The highest BCUT2D eigenvalue weighted by Gasteiger charge is 2.19. The molecule has 0 fully saturated rings. The molecule has 1 aromatic heterocycles. The molecule has 1 heterocycles. The summed E-state index contributed by atoms with van der Waals surface area (Å²) in [5.74, 6) is 0. The minimum absolute atomic E-state index is 0.301. The van der Waals surface area contributed by atoms with Crippen molar-refractivity contribution in [3.63, 3.8) is 0 Å². The smallest absolute Gasteiger partial charge is 0.410 e. The molecule has 0 aliphatic carbocycles. The number of carbonyl (C=O) groups is 1. The van der Waals surface area contributed by atoms with Crippen molar-refractivity contribution in [1.29, 1.82) is 0 Å². The van der Waals surface area contributed by atoms with Gasteiger partial charge in [-0.05, 0) is 38.5 Å². The second-order valence-corrected chi connectivity index (χ2v) is 5.73. The van der Waals surface area contributed by atoms with Gasteiger partial charge in [0.05, 0.1) is 0 Å². The lowest BCUT2D eigenvalue weighted by atomic mass is 10.2. The van der Waals surface area contributed by atoms with Gasteiger partial charge in [-0.3, -0.25) is 0 Å². The van der Waals surface area contributed by atoms with Crippen molar-refractivity contribution in [1.82, 2.24) is 9.88 Å². The molecule has 0 aromatic carbocycles. The number of aromatic nitrogens is 1. The Morgan fingerprint density at radius 3 is 2.28 bits per heavy atom. The van der Waals surface area contributed by atoms with Crippen LogP contribution >= 0.6 is 23.2 Å². The molecule has 4 nitrogen and oxygen atoms in total. The third-order valence-electron chi connectivity index (χ3n) is 1.95. The minimum Gasteiger partial charge on any atom is -0.444 e. The van der Waals surface area contributed by atoms with E-state index in [9.17, 15) is 4.79 Å². The molecule has 0 atom stereocenters. The molecule has 1 amide bonds. The average Bonchev–Trinajstić information content (AvgIpc) is 2.12. The van der Waals surface area contributed by atoms with Crippen LogP contribution in [0.4, 0.5) is 4.79 Å². The summed E-state index contributed by atoms with van der Waals surface area (Å²) >= 11 is 11.6. The van der Waals surface area contributed by atoms with Gasteiger partial charge in [-0.25, -0.2) is 9.78 Å². The first-order valence-corrected chi connectivity index (χ1v) is 6.19. The number of rotatable bonds is 2. The summed E-state index contributed by atoms with van der Waals surface area (Å²) in [6, 6.07) is 3.32. The molecule has 0 aliphatic rings. The normalized spacial score (nSPS) is 11.2. The van der Waals surface area contributed by atoms with Gasteiger partial charge < -0.3 is 9.64 Å². The van der Waals surface area contributed by atoms with E-state index in [4.69, 9.17) is 27.9 Å². The third kappa shape index (κ3) is 5.10. The molecular weight excluding hydrogens is 275 g/mol. The van der Waals surface area contributed by atoms with Crippen LogP contribution in [0.5, 0.6) is 0 Å². The number of pyridine rings is 1. The summed E-state index contributed by atoms with van der Waals surface area (Å²) < 4.78 is 5.24. The maximum absolute atomic E-state index is 11.8. The van der Waals surface area contributed by atoms with Gasteiger partial charge in [-0.15, -0.1) is 0 Å². The fourth-order valence-corrected chi connectivity index (χ4v) is 1.79. The molecule has 0 spiro atoms. The molecule has 0 N–H and O–H groups in total. The van der Waals surface area contributed by atoms with Gasteiger partial charge in [-0.2, -0.15) is 0 Å². The fraction of sp³-hybridized carbons (Fsp3) is 0.500. The number of hydrogen-bond acceptors (Lipinski definition) is 3. The predicted octanol–water partition coefficient (Wildman–Crippen LogP) is 3.76. The Balaban J connectivity index is 2.69. The molecule has 0 bridgehead atoms. The zero-order valence-electron chi connectivity index (χ0n) is 10.8. The van der Waals surface area contributed by atoms with Crippen LogP contribution in [0.1, 0.15) is 26.3 Å². The van der Waals surface area contributed by atoms with E-state index >= 15 is 0 Å². The topological polar surface area (TPSA) is 42.4 Å². The molecule has 1 aromatic rings. The lowest BCUT2D eigenvalue weighted by Gasteiger charge is -2.24. The molecule has 100 valence electrons. The summed E-state index contributed by atoms with van der Waals surface area (Å²) in [5.41, 5.74) is 0.284. The molecule has 0 saturated heterocycles. The second-order valence-electron chi connectivity index (χ2n) is 4.96. The highest BCUT2D eigenvalue weighted by molar-refractivity contribution is 6.32. The van der Waals surface area contributed by atoms with E-state index in [2.05, 4.69) is 4.98 Å². The summed E-state index contributed by atoms with van der Waals surface area (Å²) in [5, 5.41) is 0.602. The van der Waals surface area contributed by atoms with Crippen LogP contribution in [0.25, 0.3) is 0 Å². The highest BCUT2D eigenvalue weighted by atomic mass is 35.5. The first-order chi connectivity index (χ1) is 8.17. The summed E-state index contributed by atoms with van der Waals surface area (Å²) in [6.45, 7) is 5.81. The Kier molecular flexibility index (Phi) is 4.82. The van der Waals surface area contributed by atoms with E-state index in [1.54, 1.807) is 19.2 Å². The van der Waals surface area contributed by atoms with Crippen LogP contribution in [0.3, 0.4) is 0 Å². The molecule has 0 unspecified atom stereocenters. The molecule has 18 heavy (non-hydrogen) atoms. The van der Waals surface area contributed by atoms with Gasteiger partial charge in [0.1, 0.15) is 15.9 Å². The number of carbonyl (C=O) groups excluding carboxylic acids is 1. The maximum atomic E-state index is 11.8. The number of hydrogen-bond donors (Lipinski definition) is 0. The molecular formula is C12H16Cl2N2O2. The monoisotopic (exact) mass is 290 g/mol. The van der Waals surface area contributed by atoms with Crippen LogP contribution < -0.4 is 0 Å². The summed E-state index contributed by atoms with van der Waals surface area (Å²) in [6.07, 6.45) is -0.397. The van der Waals surface area contributed by atoms with Crippen molar-refractivity contribution in [2.45, 2.75) is 32.9 Å². The summed E-state index contributed by atoms with van der Waals surface area (Å²) in [4.78, 5) is 17.0. The maximum Gasteiger partial charge on any atom is 0.410 e. The van der Waals surface area contributed by atoms with Gasteiger partial charge >= 0.3 is 6.09 Å². The molecule has 0 saturated carbocycles. The lowest BCUT2D eigenvalue weighted by Crippen LogP contribution is -2.33. The van der Waals surface area contributed by atoms with Gasteiger partial charge in [0.15, 0.2) is 0 Å². The quantitative estimate of drug-likeness (QED) is 0.779. The van der Waals surface area contributed by atoms with Crippen LogP contribution in [-0.4, -0.2) is 28.6 Å². The van der Waals surface area contributed by atoms with Crippen molar-refractivity contribution in [3.05, 3.63) is 28.0 Å². The van der Waals surface area contributed by atoms with Crippen molar-refractivity contribution in [2.75, 3.05) is 7.05 Å². The van der Waals surface area contributed by atoms with Gasteiger partial charge in [0.25, 0.3) is 0 Å². The van der Waals surface area contributed by atoms with E-state index in [1.807, 2.05) is 20.8 Å². The van der Waals surface area contributed by atoms with Crippen LogP contribution in [-0.2, 0) is 11.3 Å². The van der Waals surface area contributed by atoms with Gasteiger partial charge in [-0.1, -0.05) is 23.2 Å². The first-order valence-electron chi connectivity index (χ1n) is 5.43. The van der Waals surface area contributed by atoms with Gasteiger partial charge in [0, 0.05) is 13.6 Å². The van der Waals surface area contributed by atoms with E-state index < -0.39 is 11.7 Å². The number of nitrogens with zero attached hydrogens (tertiary/aromatic N) is 2. The van der Waals surface area contributed by atoms with Crippen molar-refractivity contribution < 1.29 is 9.53 Å². The first kappa shape index (κ1) is 15.1. The predicted molar refractivity (Wildman–Crippen MR) is 72.0 cm³/mol. The SMILES string of the molecule is CN(Cc1cc(Cl)nc(Cl)c1)C(=O)OC(C)(C)C. The Labute approximate surface area is 117 Å². The fourth-order valence-electron chi connectivity index (χ4n) is 1.28. The van der Waals surface area contributed by atoms with Crippen LogP contribution in [0.15, 0.2) is 12.1 Å². The molecule has 0 radical (unpaired) electrons. The zero-order chi connectivity index (χ0) is 13.9. The van der Waals surface area contributed by atoms with Crippen LogP contribution in [0, 0.1) is 0 Å². The Hall–Kier alpha value is -1.00. The Morgan fingerprint density at radius 2 is 1.83 bits per heavy atom. The number of amides is 1. The van der Waals surface area contributed by atoms with E-state index in [0.717, 1.165) is 5.56 Å². The van der Waals surface area contributed by atoms with Crippen molar-refractivity contribution in [3.8, 4) is 0 Å². The molecule has 1 rings (SSSR count). The van der Waals surface area contributed by atoms with Crippen LogP contribution in [0.2, 0.25) is 10.3 Å². The molecule has 6 heteroatoms. The second kappa shape index (κ2) is 5.76. The van der Waals surface area contributed by atoms with Crippen molar-refractivity contribution in [2.24, 2.45) is 0 Å².